The third-order valence-electron chi connectivity index (χ3n) is 5.13. The number of carbonyl (C=O) groups excluding carboxylic acids is 4. The number of nitrogens with one attached hydrogen (secondary N) is 3. The van der Waals surface area contributed by atoms with E-state index < -0.39 is 47.9 Å². The van der Waals surface area contributed by atoms with E-state index in [4.69, 9.17) is 11.5 Å². The molecule has 1 aromatic rings. The molecular weight excluding hydrogens is 422 g/mol. The van der Waals surface area contributed by atoms with Gasteiger partial charge in [-0.2, -0.15) is 0 Å². The minimum atomic E-state index is -1.36. The Hall–Kier alpha value is -3.48. The molecule has 176 valence electrons. The number of aliphatic carboxylic acids is 1. The maximum absolute atomic E-state index is 12.9. The maximum Gasteiger partial charge on any atom is 0.326 e. The van der Waals surface area contributed by atoms with E-state index in [0.29, 0.717) is 25.1 Å². The molecule has 0 aromatic carbocycles. The predicted molar refractivity (Wildman–Crippen MR) is 111 cm³/mol. The van der Waals surface area contributed by atoms with Crippen LogP contribution < -0.4 is 22.1 Å². The normalized spacial score (nSPS) is 18.4. The van der Waals surface area contributed by atoms with Crippen LogP contribution in [0.25, 0.3) is 0 Å². The molecule has 13 heteroatoms. The number of likely N-dealkylation sites (tertiary alicyclic amines) is 1. The molecule has 2 rings (SSSR count). The number of H-pyrrole nitrogens is 1. The third-order valence-corrected chi connectivity index (χ3v) is 5.13. The number of carbonyl (C=O) groups is 5. The summed E-state index contributed by atoms with van der Waals surface area (Å²) in [6, 6.07) is -4.06. The summed E-state index contributed by atoms with van der Waals surface area (Å²) in [5.74, 6) is -3.70. The molecule has 0 radical (unpaired) electrons. The van der Waals surface area contributed by atoms with Crippen molar-refractivity contribution in [1.82, 2.24) is 25.5 Å². The second kappa shape index (κ2) is 11.2. The van der Waals surface area contributed by atoms with E-state index in [9.17, 15) is 29.1 Å². The Bertz CT molecular complexity index is 841. The SMILES string of the molecule is CC(N)C(=O)N1CCCC1C(=O)NC(Cc1cnc[nH]1)C(=O)NC(CCC(N)=O)C(=O)O. The quantitative estimate of drug-likeness (QED) is 0.213. The second-order valence-corrected chi connectivity index (χ2v) is 7.72. The molecule has 0 aliphatic carbocycles. The maximum atomic E-state index is 12.9. The van der Waals surface area contributed by atoms with Gasteiger partial charge in [-0.3, -0.25) is 19.2 Å². The van der Waals surface area contributed by atoms with Gasteiger partial charge in [0.25, 0.3) is 0 Å². The molecule has 1 aromatic heterocycles. The summed E-state index contributed by atoms with van der Waals surface area (Å²) in [6.07, 6.45) is 3.48. The molecule has 2 heterocycles. The van der Waals surface area contributed by atoms with Gasteiger partial charge in [-0.05, 0) is 26.2 Å². The number of rotatable bonds is 11. The van der Waals surface area contributed by atoms with Crippen LogP contribution in [0.1, 0.15) is 38.3 Å². The summed E-state index contributed by atoms with van der Waals surface area (Å²) >= 11 is 0. The van der Waals surface area contributed by atoms with E-state index in [1.54, 1.807) is 0 Å². The van der Waals surface area contributed by atoms with Crippen LogP contribution in [0.5, 0.6) is 0 Å². The van der Waals surface area contributed by atoms with Crippen LogP contribution in [0.15, 0.2) is 12.5 Å². The smallest absolute Gasteiger partial charge is 0.326 e. The lowest BCUT2D eigenvalue weighted by atomic mass is 10.1. The fraction of sp³-hybridized carbons (Fsp3) is 0.579. The summed E-state index contributed by atoms with van der Waals surface area (Å²) in [4.78, 5) is 68.6. The number of aromatic nitrogens is 2. The molecule has 32 heavy (non-hydrogen) atoms. The molecule has 4 unspecified atom stereocenters. The Morgan fingerprint density at radius 2 is 2.00 bits per heavy atom. The standard InChI is InChI=1S/C19H29N7O6/c1-10(20)18(30)26-6-2-3-14(26)17(29)25-13(7-11-8-22-9-23-11)16(28)24-12(19(31)32)4-5-15(21)27/h8-10,12-14H,2-7,20H2,1H3,(H2,21,27)(H,22,23)(H,24,28)(H,25,29)(H,31,32). The van der Waals surface area contributed by atoms with Crippen LogP contribution >= 0.6 is 0 Å². The van der Waals surface area contributed by atoms with Crippen LogP contribution in [0, 0.1) is 0 Å². The first-order chi connectivity index (χ1) is 15.1. The Kier molecular flexibility index (Phi) is 8.70. The fourth-order valence-electron chi connectivity index (χ4n) is 3.47. The van der Waals surface area contributed by atoms with Crippen LogP contribution in [0.3, 0.4) is 0 Å². The summed E-state index contributed by atoms with van der Waals surface area (Å²) < 4.78 is 0. The molecular formula is C19H29N7O6. The van der Waals surface area contributed by atoms with Crippen LogP contribution in [0.4, 0.5) is 0 Å². The first-order valence-corrected chi connectivity index (χ1v) is 10.2. The Balaban J connectivity index is 2.14. The van der Waals surface area contributed by atoms with E-state index in [2.05, 4.69) is 20.6 Å². The highest BCUT2D eigenvalue weighted by Gasteiger charge is 2.37. The van der Waals surface area contributed by atoms with Crippen molar-refractivity contribution in [1.29, 1.82) is 0 Å². The minimum Gasteiger partial charge on any atom is -0.480 e. The van der Waals surface area contributed by atoms with E-state index in [1.807, 2.05) is 0 Å². The number of hydrogen-bond acceptors (Lipinski definition) is 7. The molecule has 13 nitrogen and oxygen atoms in total. The summed E-state index contributed by atoms with van der Waals surface area (Å²) in [5, 5.41) is 14.3. The van der Waals surface area contributed by atoms with Gasteiger partial charge in [0, 0.05) is 31.3 Å². The first kappa shape index (κ1) is 24.8. The van der Waals surface area contributed by atoms with Crippen molar-refractivity contribution in [3.8, 4) is 0 Å². The molecule has 1 aliphatic rings. The number of hydrogen-bond donors (Lipinski definition) is 6. The van der Waals surface area contributed by atoms with Crippen LogP contribution in [0.2, 0.25) is 0 Å². The van der Waals surface area contributed by atoms with E-state index in [1.165, 1.54) is 24.3 Å². The molecule has 4 atom stereocenters. The Labute approximate surface area is 184 Å². The summed E-state index contributed by atoms with van der Waals surface area (Å²) in [5.41, 5.74) is 11.3. The van der Waals surface area contributed by atoms with Crippen molar-refractivity contribution >= 4 is 29.6 Å². The largest absolute Gasteiger partial charge is 0.480 e. The van der Waals surface area contributed by atoms with Gasteiger partial charge in [0.15, 0.2) is 0 Å². The average molecular weight is 451 g/mol. The Morgan fingerprint density at radius 1 is 1.28 bits per heavy atom. The number of carboxylic acid groups (broad SMARTS) is 1. The number of carboxylic acids is 1. The first-order valence-electron chi connectivity index (χ1n) is 10.2. The molecule has 0 spiro atoms. The molecule has 0 saturated carbocycles. The monoisotopic (exact) mass is 451 g/mol. The lowest BCUT2D eigenvalue weighted by Gasteiger charge is -2.27. The van der Waals surface area contributed by atoms with Crippen molar-refractivity contribution in [3.05, 3.63) is 18.2 Å². The number of imidazole rings is 1. The Morgan fingerprint density at radius 3 is 2.56 bits per heavy atom. The van der Waals surface area contributed by atoms with Gasteiger partial charge in [0.1, 0.15) is 18.1 Å². The van der Waals surface area contributed by atoms with Gasteiger partial charge in [-0.15, -0.1) is 0 Å². The highest BCUT2D eigenvalue weighted by Crippen LogP contribution is 2.18. The second-order valence-electron chi connectivity index (χ2n) is 7.72. The number of amides is 4. The topological polar surface area (TPSA) is 214 Å². The molecule has 0 bridgehead atoms. The molecule has 1 saturated heterocycles. The summed E-state index contributed by atoms with van der Waals surface area (Å²) in [6.45, 7) is 1.91. The number of nitrogens with two attached hydrogens (primary N) is 2. The van der Waals surface area contributed by atoms with Gasteiger partial charge in [-0.25, -0.2) is 9.78 Å². The minimum absolute atomic E-state index is 0.00763. The number of primary amides is 1. The van der Waals surface area contributed by atoms with Crippen LogP contribution in [-0.2, 0) is 30.4 Å². The van der Waals surface area contributed by atoms with Gasteiger partial charge in [0.05, 0.1) is 12.4 Å². The van der Waals surface area contributed by atoms with Gasteiger partial charge in [-0.1, -0.05) is 0 Å². The van der Waals surface area contributed by atoms with E-state index in [0.717, 1.165) is 0 Å². The summed E-state index contributed by atoms with van der Waals surface area (Å²) in [7, 11) is 0. The number of nitrogens with zero attached hydrogens (tertiary/aromatic N) is 2. The highest BCUT2D eigenvalue weighted by atomic mass is 16.4. The number of aromatic amines is 1. The van der Waals surface area contributed by atoms with E-state index >= 15 is 0 Å². The predicted octanol–water partition coefficient (Wildman–Crippen LogP) is -2.39. The van der Waals surface area contributed by atoms with Gasteiger partial charge < -0.3 is 37.1 Å². The zero-order chi connectivity index (χ0) is 23.8. The average Bonchev–Trinajstić information content (AvgIpc) is 3.41. The zero-order valence-electron chi connectivity index (χ0n) is 17.7. The van der Waals surface area contributed by atoms with Crippen molar-refractivity contribution < 1.29 is 29.1 Å². The van der Waals surface area contributed by atoms with Crippen molar-refractivity contribution in [2.45, 2.75) is 63.2 Å². The fourth-order valence-corrected chi connectivity index (χ4v) is 3.47. The molecule has 1 aliphatic heterocycles. The van der Waals surface area contributed by atoms with E-state index in [-0.39, 0.29) is 25.2 Å². The van der Waals surface area contributed by atoms with Gasteiger partial charge in [0.2, 0.25) is 23.6 Å². The molecule has 1 fully saturated rings. The lowest BCUT2D eigenvalue weighted by molar-refractivity contribution is -0.143. The molecule has 4 amide bonds. The van der Waals surface area contributed by atoms with Crippen LogP contribution in [-0.4, -0.2) is 80.3 Å². The van der Waals surface area contributed by atoms with Gasteiger partial charge >= 0.3 is 5.97 Å². The van der Waals surface area contributed by atoms with Crippen molar-refractivity contribution in [3.63, 3.8) is 0 Å². The lowest BCUT2D eigenvalue weighted by Crippen LogP contribution is -2.57. The third kappa shape index (κ3) is 6.77. The zero-order valence-corrected chi connectivity index (χ0v) is 17.7. The molecule has 8 N–H and O–H groups in total. The van der Waals surface area contributed by atoms with Crippen molar-refractivity contribution in [2.24, 2.45) is 11.5 Å². The van der Waals surface area contributed by atoms with Crippen molar-refractivity contribution in [2.75, 3.05) is 6.54 Å². The highest BCUT2D eigenvalue weighted by molar-refractivity contribution is 5.94.